The normalized spacial score (nSPS) is 12.0. The van der Waals surface area contributed by atoms with Crippen molar-refractivity contribution in [1.82, 2.24) is 5.32 Å². The summed E-state index contributed by atoms with van der Waals surface area (Å²) >= 11 is 0. The zero-order valence-corrected chi connectivity index (χ0v) is 12.1. The first-order valence-corrected chi connectivity index (χ1v) is 6.44. The first-order valence-electron chi connectivity index (χ1n) is 6.44. The summed E-state index contributed by atoms with van der Waals surface area (Å²) < 4.78 is 37.6. The van der Waals surface area contributed by atoms with Crippen LogP contribution in [0.15, 0.2) is 36.4 Å². The number of methoxy groups -OCH3 is 2. The van der Waals surface area contributed by atoms with E-state index in [1.165, 1.54) is 19.2 Å². The lowest BCUT2D eigenvalue weighted by Gasteiger charge is -2.21. The third kappa shape index (κ3) is 3.13. The molecule has 0 amide bonds. The number of nitrogens with one attached hydrogen (secondary N) is 1. The van der Waals surface area contributed by atoms with E-state index in [-0.39, 0.29) is 0 Å². The van der Waals surface area contributed by atoms with Crippen LogP contribution in [0.1, 0.15) is 17.2 Å². The maximum atomic E-state index is 14.0. The molecule has 0 bridgehead atoms. The van der Waals surface area contributed by atoms with Crippen molar-refractivity contribution in [3.8, 4) is 11.5 Å². The van der Waals surface area contributed by atoms with Crippen molar-refractivity contribution in [2.45, 2.75) is 6.04 Å². The molecule has 0 fully saturated rings. The molecule has 2 aromatic carbocycles. The highest BCUT2D eigenvalue weighted by Gasteiger charge is 2.20. The molecule has 1 N–H and O–H groups in total. The highest BCUT2D eigenvalue weighted by atomic mass is 19.1. The van der Waals surface area contributed by atoms with Gasteiger partial charge < -0.3 is 14.8 Å². The Labute approximate surface area is 122 Å². The fourth-order valence-corrected chi connectivity index (χ4v) is 2.27. The minimum Gasteiger partial charge on any atom is -0.497 e. The summed E-state index contributed by atoms with van der Waals surface area (Å²) in [6, 6.07) is 8.36. The van der Waals surface area contributed by atoms with Gasteiger partial charge in [0.05, 0.1) is 20.3 Å². The molecule has 0 aliphatic carbocycles. The van der Waals surface area contributed by atoms with E-state index in [0.717, 1.165) is 11.6 Å². The molecule has 21 heavy (non-hydrogen) atoms. The number of hydrogen-bond donors (Lipinski definition) is 1. The predicted molar refractivity (Wildman–Crippen MR) is 76.8 cm³/mol. The van der Waals surface area contributed by atoms with Crippen LogP contribution in [0, 0.1) is 11.6 Å². The largest absolute Gasteiger partial charge is 0.497 e. The van der Waals surface area contributed by atoms with Gasteiger partial charge >= 0.3 is 0 Å². The third-order valence-corrected chi connectivity index (χ3v) is 3.31. The van der Waals surface area contributed by atoms with Crippen molar-refractivity contribution in [1.29, 1.82) is 0 Å². The molecular weight excluding hydrogens is 276 g/mol. The van der Waals surface area contributed by atoms with Gasteiger partial charge in [0.15, 0.2) is 0 Å². The molecule has 1 atom stereocenters. The fourth-order valence-electron chi connectivity index (χ4n) is 2.27. The standard InChI is InChI=1S/C16H17F2NO2/c1-19-16(12-6-4-10(17)8-14(12)18)13-7-5-11(20-2)9-15(13)21-3/h4-9,16,19H,1-3H3. The lowest BCUT2D eigenvalue weighted by molar-refractivity contribution is 0.387. The molecule has 0 spiro atoms. The van der Waals surface area contributed by atoms with E-state index in [2.05, 4.69) is 5.32 Å². The van der Waals surface area contributed by atoms with Crippen LogP contribution in [-0.2, 0) is 0 Å². The second kappa shape index (κ2) is 6.54. The van der Waals surface area contributed by atoms with Crippen LogP contribution in [0.25, 0.3) is 0 Å². The molecular formula is C16H17F2NO2. The number of halogens is 2. The molecule has 0 saturated heterocycles. The molecule has 3 nitrogen and oxygen atoms in total. The van der Waals surface area contributed by atoms with E-state index >= 15 is 0 Å². The van der Waals surface area contributed by atoms with Crippen molar-refractivity contribution < 1.29 is 18.3 Å². The van der Waals surface area contributed by atoms with E-state index in [0.29, 0.717) is 17.1 Å². The van der Waals surface area contributed by atoms with Crippen LogP contribution < -0.4 is 14.8 Å². The first-order chi connectivity index (χ1) is 10.1. The van der Waals surface area contributed by atoms with Crippen LogP contribution in [0.2, 0.25) is 0 Å². The molecule has 112 valence electrons. The quantitative estimate of drug-likeness (QED) is 0.917. The SMILES string of the molecule is CNC(c1ccc(F)cc1F)c1ccc(OC)cc1OC. The Morgan fingerprint density at radius 2 is 1.67 bits per heavy atom. The smallest absolute Gasteiger partial charge is 0.131 e. The summed E-state index contributed by atoms with van der Waals surface area (Å²) in [5.74, 6) is 0.00229. The van der Waals surface area contributed by atoms with Gasteiger partial charge in [-0.2, -0.15) is 0 Å². The number of benzene rings is 2. The fraction of sp³-hybridized carbons (Fsp3) is 0.250. The lowest BCUT2D eigenvalue weighted by atomic mass is 9.97. The first kappa shape index (κ1) is 15.3. The van der Waals surface area contributed by atoms with Crippen molar-refractivity contribution >= 4 is 0 Å². The van der Waals surface area contributed by atoms with Crippen molar-refractivity contribution in [2.24, 2.45) is 0 Å². The molecule has 2 aromatic rings. The number of ether oxygens (including phenoxy) is 2. The summed E-state index contributed by atoms with van der Waals surface area (Å²) in [7, 11) is 4.80. The molecule has 0 aliphatic heterocycles. The van der Waals surface area contributed by atoms with E-state index in [9.17, 15) is 8.78 Å². The lowest BCUT2D eigenvalue weighted by Crippen LogP contribution is -2.19. The Balaban J connectivity index is 2.50. The molecule has 5 heteroatoms. The topological polar surface area (TPSA) is 30.5 Å². The summed E-state index contributed by atoms with van der Waals surface area (Å²) in [4.78, 5) is 0. The van der Waals surface area contributed by atoms with E-state index in [1.807, 2.05) is 0 Å². The molecule has 0 saturated carbocycles. The Morgan fingerprint density at radius 3 is 2.24 bits per heavy atom. The Bertz CT molecular complexity index is 632. The van der Waals surface area contributed by atoms with Crippen LogP contribution in [0.5, 0.6) is 11.5 Å². The number of hydrogen-bond acceptors (Lipinski definition) is 3. The van der Waals surface area contributed by atoms with Crippen molar-refractivity contribution in [3.05, 3.63) is 59.2 Å². The minimum atomic E-state index is -0.604. The molecule has 1 unspecified atom stereocenters. The van der Waals surface area contributed by atoms with Gasteiger partial charge in [0.25, 0.3) is 0 Å². The maximum Gasteiger partial charge on any atom is 0.131 e. The van der Waals surface area contributed by atoms with Crippen LogP contribution in [-0.4, -0.2) is 21.3 Å². The summed E-state index contributed by atoms with van der Waals surface area (Å²) in [6.45, 7) is 0. The average molecular weight is 293 g/mol. The highest BCUT2D eigenvalue weighted by Crippen LogP contribution is 2.33. The highest BCUT2D eigenvalue weighted by molar-refractivity contribution is 5.46. The maximum absolute atomic E-state index is 14.0. The Morgan fingerprint density at radius 1 is 0.952 bits per heavy atom. The van der Waals surface area contributed by atoms with Crippen molar-refractivity contribution in [2.75, 3.05) is 21.3 Å². The van der Waals surface area contributed by atoms with Gasteiger partial charge in [-0.1, -0.05) is 6.07 Å². The molecule has 0 aromatic heterocycles. The second-order valence-electron chi connectivity index (χ2n) is 4.50. The van der Waals surface area contributed by atoms with Gasteiger partial charge in [0.2, 0.25) is 0 Å². The van der Waals surface area contributed by atoms with Crippen molar-refractivity contribution in [3.63, 3.8) is 0 Å². The van der Waals surface area contributed by atoms with Gasteiger partial charge in [-0.05, 0) is 25.2 Å². The third-order valence-electron chi connectivity index (χ3n) is 3.31. The van der Waals surface area contributed by atoms with Crippen LogP contribution >= 0.6 is 0 Å². The number of rotatable bonds is 5. The molecule has 0 radical (unpaired) electrons. The van der Waals surface area contributed by atoms with Crippen LogP contribution in [0.3, 0.4) is 0 Å². The average Bonchev–Trinajstić information content (AvgIpc) is 2.50. The van der Waals surface area contributed by atoms with Gasteiger partial charge in [-0.15, -0.1) is 0 Å². The van der Waals surface area contributed by atoms with Gasteiger partial charge in [0, 0.05) is 23.3 Å². The minimum absolute atomic E-state index is 0.349. The second-order valence-corrected chi connectivity index (χ2v) is 4.50. The summed E-state index contributed by atoms with van der Waals surface area (Å²) in [5.41, 5.74) is 1.09. The zero-order chi connectivity index (χ0) is 15.4. The molecule has 0 heterocycles. The van der Waals surface area contributed by atoms with Gasteiger partial charge in [-0.25, -0.2) is 8.78 Å². The van der Waals surface area contributed by atoms with E-state index < -0.39 is 17.7 Å². The Kier molecular flexibility index (Phi) is 4.75. The molecule has 0 aliphatic rings. The monoisotopic (exact) mass is 293 g/mol. The van der Waals surface area contributed by atoms with E-state index in [1.54, 1.807) is 32.4 Å². The molecule has 2 rings (SSSR count). The summed E-state index contributed by atoms with van der Waals surface area (Å²) in [6.07, 6.45) is 0. The summed E-state index contributed by atoms with van der Waals surface area (Å²) in [5, 5.41) is 3.02. The Hall–Kier alpha value is -2.14. The van der Waals surface area contributed by atoms with Gasteiger partial charge in [0.1, 0.15) is 23.1 Å². The predicted octanol–water partition coefficient (Wildman–Crippen LogP) is 3.29. The van der Waals surface area contributed by atoms with Crippen LogP contribution in [0.4, 0.5) is 8.78 Å². The zero-order valence-electron chi connectivity index (χ0n) is 12.1. The van der Waals surface area contributed by atoms with E-state index in [4.69, 9.17) is 9.47 Å². The van der Waals surface area contributed by atoms with Gasteiger partial charge in [-0.3, -0.25) is 0 Å².